The van der Waals surface area contributed by atoms with Gasteiger partial charge in [-0.25, -0.2) is 0 Å². The summed E-state index contributed by atoms with van der Waals surface area (Å²) >= 11 is 1.59. The molecule has 4 rings (SSSR count). The van der Waals surface area contributed by atoms with E-state index in [0.717, 1.165) is 15.8 Å². The molecule has 2 aromatic carbocycles. The monoisotopic (exact) mass is 418 g/mol. The Hall–Kier alpha value is -3.38. The molecule has 0 bridgehead atoms. The first kappa shape index (κ1) is 19.9. The molecule has 4 aromatic rings. The summed E-state index contributed by atoms with van der Waals surface area (Å²) in [6, 6.07) is 18.9. The van der Waals surface area contributed by atoms with Gasteiger partial charge in [-0.2, -0.15) is 0 Å². The molecule has 2 aromatic heterocycles. The molecular weight excluding hydrogens is 396 g/mol. The molecule has 0 saturated carbocycles. The van der Waals surface area contributed by atoms with Crippen molar-refractivity contribution in [3.8, 4) is 5.75 Å². The summed E-state index contributed by atoms with van der Waals surface area (Å²) in [5, 5.41) is 2.88. The summed E-state index contributed by atoms with van der Waals surface area (Å²) in [5.41, 5.74) is 2.69. The van der Waals surface area contributed by atoms with Gasteiger partial charge in [-0.3, -0.25) is 9.59 Å². The first-order valence-electron chi connectivity index (χ1n) is 9.62. The van der Waals surface area contributed by atoms with Gasteiger partial charge >= 0.3 is 0 Å². The first-order valence-corrected chi connectivity index (χ1v) is 10.5. The van der Waals surface area contributed by atoms with Crippen LogP contribution >= 0.6 is 11.3 Å². The number of H-pyrrole nitrogens is 1. The van der Waals surface area contributed by atoms with Gasteiger partial charge in [-0.1, -0.05) is 23.8 Å². The summed E-state index contributed by atoms with van der Waals surface area (Å²) in [7, 11) is 1.59. The smallest absolute Gasteiger partial charge is 0.254 e. The number of nitrogens with one attached hydrogen (secondary N) is 1. The number of fused-ring (bicyclic) bond motifs is 1. The Morgan fingerprint density at radius 3 is 2.67 bits per heavy atom. The second-order valence-corrected chi connectivity index (χ2v) is 8.22. The highest BCUT2D eigenvalue weighted by atomic mass is 32.1. The molecule has 0 saturated heterocycles. The SMILES string of the molecule is COc1ccc2cc(CN(Cc3cccs3)C(=O)c3cccc(C)c3)c(=O)[nH]c2c1. The van der Waals surface area contributed by atoms with Crippen LogP contribution in [0.4, 0.5) is 0 Å². The van der Waals surface area contributed by atoms with E-state index in [1.807, 2.05) is 66.9 Å². The topological polar surface area (TPSA) is 62.4 Å². The molecule has 0 aliphatic carbocycles. The zero-order valence-corrected chi connectivity index (χ0v) is 17.7. The summed E-state index contributed by atoms with van der Waals surface area (Å²) in [4.78, 5) is 31.7. The number of aryl methyl sites for hydroxylation is 1. The van der Waals surface area contributed by atoms with Gasteiger partial charge in [-0.05, 0) is 54.1 Å². The van der Waals surface area contributed by atoms with Crippen LogP contribution in [-0.2, 0) is 13.1 Å². The van der Waals surface area contributed by atoms with E-state index in [2.05, 4.69) is 4.98 Å². The molecule has 0 spiro atoms. The third-order valence-electron chi connectivity index (χ3n) is 4.97. The van der Waals surface area contributed by atoms with Crippen LogP contribution in [0, 0.1) is 6.92 Å². The largest absolute Gasteiger partial charge is 0.497 e. The number of methoxy groups -OCH3 is 1. The minimum absolute atomic E-state index is 0.0960. The maximum Gasteiger partial charge on any atom is 0.254 e. The number of benzene rings is 2. The zero-order chi connectivity index (χ0) is 21.1. The van der Waals surface area contributed by atoms with E-state index in [4.69, 9.17) is 4.74 Å². The molecule has 0 fully saturated rings. The van der Waals surface area contributed by atoms with Gasteiger partial charge in [0.2, 0.25) is 0 Å². The summed E-state index contributed by atoms with van der Waals surface area (Å²) in [5.74, 6) is 0.584. The number of rotatable bonds is 6. The highest BCUT2D eigenvalue weighted by molar-refractivity contribution is 7.09. The highest BCUT2D eigenvalue weighted by Gasteiger charge is 2.19. The number of amides is 1. The third kappa shape index (κ3) is 4.28. The van der Waals surface area contributed by atoms with Crippen LogP contribution in [0.3, 0.4) is 0 Å². The van der Waals surface area contributed by atoms with Crippen molar-refractivity contribution >= 4 is 28.1 Å². The van der Waals surface area contributed by atoms with Crippen LogP contribution in [0.5, 0.6) is 5.75 Å². The Bertz CT molecular complexity index is 1250. The van der Waals surface area contributed by atoms with Gasteiger partial charge in [0.15, 0.2) is 0 Å². The number of thiophene rings is 1. The Morgan fingerprint density at radius 1 is 1.07 bits per heavy atom. The Balaban J connectivity index is 1.70. The molecule has 30 heavy (non-hydrogen) atoms. The van der Waals surface area contributed by atoms with Gasteiger partial charge in [0, 0.05) is 22.1 Å². The molecule has 6 heteroatoms. The summed E-state index contributed by atoms with van der Waals surface area (Å²) < 4.78 is 5.23. The average Bonchev–Trinajstić information content (AvgIpc) is 3.26. The van der Waals surface area contributed by atoms with Crippen LogP contribution in [0.25, 0.3) is 10.9 Å². The van der Waals surface area contributed by atoms with E-state index in [-0.39, 0.29) is 18.0 Å². The number of carbonyl (C=O) groups excluding carboxylic acids is 1. The number of pyridine rings is 1. The van der Waals surface area contributed by atoms with Gasteiger partial charge < -0.3 is 14.6 Å². The quantitative estimate of drug-likeness (QED) is 0.492. The minimum atomic E-state index is -0.205. The van der Waals surface area contributed by atoms with Crippen LogP contribution in [0.15, 0.2) is 70.8 Å². The number of nitrogens with zero attached hydrogens (tertiary/aromatic N) is 1. The molecule has 0 radical (unpaired) electrons. The maximum absolute atomic E-state index is 13.3. The Kier molecular flexibility index (Phi) is 5.68. The Morgan fingerprint density at radius 2 is 1.93 bits per heavy atom. The molecule has 0 aliphatic heterocycles. The molecule has 1 N–H and O–H groups in total. The number of aromatic amines is 1. The fourth-order valence-electron chi connectivity index (χ4n) is 3.43. The fraction of sp³-hybridized carbons (Fsp3) is 0.167. The lowest BCUT2D eigenvalue weighted by Crippen LogP contribution is -2.32. The van der Waals surface area contributed by atoms with Crippen molar-refractivity contribution in [1.29, 1.82) is 0 Å². The molecule has 152 valence electrons. The molecule has 0 aliphatic rings. The fourth-order valence-corrected chi connectivity index (χ4v) is 4.15. The van der Waals surface area contributed by atoms with E-state index in [9.17, 15) is 9.59 Å². The summed E-state index contributed by atoms with van der Waals surface area (Å²) in [6.07, 6.45) is 0. The highest BCUT2D eigenvalue weighted by Crippen LogP contribution is 2.21. The van der Waals surface area contributed by atoms with Crippen molar-refractivity contribution in [2.45, 2.75) is 20.0 Å². The van der Waals surface area contributed by atoms with E-state index >= 15 is 0 Å². The lowest BCUT2D eigenvalue weighted by Gasteiger charge is -2.22. The molecular formula is C24H22N2O3S. The number of hydrogen-bond donors (Lipinski definition) is 1. The lowest BCUT2D eigenvalue weighted by atomic mass is 10.1. The Labute approximate surface area is 178 Å². The standard InChI is InChI=1S/C24H22N2O3S/c1-16-5-3-6-18(11-16)24(28)26(15-21-7-4-10-30-21)14-19-12-17-8-9-20(29-2)13-22(17)25-23(19)27/h3-13H,14-15H2,1-2H3,(H,25,27). The van der Waals surface area contributed by atoms with Crippen LogP contribution in [-0.4, -0.2) is 22.9 Å². The van der Waals surface area contributed by atoms with E-state index in [1.54, 1.807) is 29.4 Å². The molecule has 0 unspecified atom stereocenters. The van der Waals surface area contributed by atoms with Crippen molar-refractivity contribution in [2.75, 3.05) is 7.11 Å². The number of ether oxygens (including phenoxy) is 1. The van der Waals surface area contributed by atoms with Crippen LogP contribution in [0.2, 0.25) is 0 Å². The van der Waals surface area contributed by atoms with Crippen molar-refractivity contribution in [3.05, 3.63) is 98.0 Å². The van der Waals surface area contributed by atoms with Crippen LogP contribution < -0.4 is 10.3 Å². The molecule has 2 heterocycles. The summed E-state index contributed by atoms with van der Waals surface area (Å²) in [6.45, 7) is 2.63. The van der Waals surface area contributed by atoms with E-state index in [1.165, 1.54) is 0 Å². The van der Waals surface area contributed by atoms with E-state index in [0.29, 0.717) is 28.9 Å². The van der Waals surface area contributed by atoms with Gasteiger partial charge in [0.05, 0.1) is 25.7 Å². The van der Waals surface area contributed by atoms with Gasteiger partial charge in [0.1, 0.15) is 5.75 Å². The molecule has 5 nitrogen and oxygen atoms in total. The molecule has 0 atom stereocenters. The maximum atomic E-state index is 13.3. The number of carbonyl (C=O) groups is 1. The predicted molar refractivity (Wildman–Crippen MR) is 120 cm³/mol. The van der Waals surface area contributed by atoms with E-state index < -0.39 is 0 Å². The molecule has 1 amide bonds. The number of hydrogen-bond acceptors (Lipinski definition) is 4. The van der Waals surface area contributed by atoms with Gasteiger partial charge in [0.25, 0.3) is 11.5 Å². The number of aromatic nitrogens is 1. The average molecular weight is 419 g/mol. The van der Waals surface area contributed by atoms with Crippen molar-refractivity contribution < 1.29 is 9.53 Å². The minimum Gasteiger partial charge on any atom is -0.497 e. The second-order valence-electron chi connectivity index (χ2n) is 7.19. The normalized spacial score (nSPS) is 10.9. The zero-order valence-electron chi connectivity index (χ0n) is 16.8. The third-order valence-corrected chi connectivity index (χ3v) is 5.83. The van der Waals surface area contributed by atoms with Crippen molar-refractivity contribution in [2.24, 2.45) is 0 Å². The second kappa shape index (κ2) is 8.55. The predicted octanol–water partition coefficient (Wildman–Crippen LogP) is 4.75. The first-order chi connectivity index (χ1) is 14.5. The van der Waals surface area contributed by atoms with Crippen molar-refractivity contribution in [1.82, 2.24) is 9.88 Å². The lowest BCUT2D eigenvalue weighted by molar-refractivity contribution is 0.0731. The van der Waals surface area contributed by atoms with Gasteiger partial charge in [-0.15, -0.1) is 11.3 Å². The van der Waals surface area contributed by atoms with Crippen LogP contribution in [0.1, 0.15) is 26.4 Å². The van der Waals surface area contributed by atoms with Crippen molar-refractivity contribution in [3.63, 3.8) is 0 Å².